The summed E-state index contributed by atoms with van der Waals surface area (Å²) in [6.07, 6.45) is 5.05. The number of benzene rings is 1. The Balaban J connectivity index is 2.68. The van der Waals surface area contributed by atoms with Crippen LogP contribution in [0.25, 0.3) is 0 Å². The molecule has 0 atom stereocenters. The van der Waals surface area contributed by atoms with E-state index in [2.05, 4.69) is 17.0 Å². The molecule has 0 N–H and O–H groups in total. The van der Waals surface area contributed by atoms with E-state index in [0.29, 0.717) is 9.52 Å². The van der Waals surface area contributed by atoms with Crippen molar-refractivity contribution in [1.82, 2.24) is 0 Å². The Hall–Kier alpha value is -1.44. The van der Waals surface area contributed by atoms with Gasteiger partial charge >= 0.3 is 0 Å². The molecule has 2 radical (unpaired) electrons. The van der Waals surface area contributed by atoms with Gasteiger partial charge in [-0.2, -0.15) is 0 Å². The topological polar surface area (TPSA) is 0 Å². The van der Waals surface area contributed by atoms with Gasteiger partial charge in [0.05, 0.1) is 0 Å². The van der Waals surface area contributed by atoms with Crippen molar-refractivity contribution in [3.8, 4) is 23.4 Å². The van der Waals surface area contributed by atoms with E-state index in [0.717, 1.165) is 5.56 Å². The summed E-state index contributed by atoms with van der Waals surface area (Å²) in [7, 11) is 0.307. The Labute approximate surface area is 69.5 Å². The minimum Gasteiger partial charge on any atom is -0.126 e. The normalized spacial score (nSPS) is 7.55. The second-order valence-electron chi connectivity index (χ2n) is 1.89. The maximum atomic E-state index is 5.05. The zero-order valence-corrected chi connectivity index (χ0v) is 6.96. The number of hydrogen-bond donors (Lipinski definition) is 0. The number of rotatable bonds is 0. The average molecular weight is 154 g/mol. The molecule has 11 heavy (non-hydrogen) atoms. The first-order chi connectivity index (χ1) is 5.43. The van der Waals surface area contributed by atoms with Crippen molar-refractivity contribution in [2.75, 3.05) is 0 Å². The van der Waals surface area contributed by atoms with Gasteiger partial charge in [0.2, 0.25) is 9.52 Å². The Morgan fingerprint density at radius 2 is 1.91 bits per heavy atom. The van der Waals surface area contributed by atoms with E-state index in [4.69, 9.17) is 6.42 Å². The van der Waals surface area contributed by atoms with Crippen LogP contribution in [0.4, 0.5) is 0 Å². The molecular formula is C10H6Si. The molecule has 1 heteroatoms. The summed E-state index contributed by atoms with van der Waals surface area (Å²) in [5.74, 6) is 2.97. The van der Waals surface area contributed by atoms with Gasteiger partial charge in [-0.3, -0.25) is 0 Å². The third-order valence-electron chi connectivity index (χ3n) is 1.12. The lowest BCUT2D eigenvalue weighted by Crippen LogP contribution is -1.77. The molecule has 0 unspecified atom stereocenters. The molecular weight excluding hydrogens is 148 g/mol. The standard InChI is InChI=1S/C10H6Si/c1-2-11-9-8-10-6-4-3-5-7-10/h1,3-7H. The summed E-state index contributed by atoms with van der Waals surface area (Å²) in [5, 5.41) is 0. The highest BCUT2D eigenvalue weighted by Gasteiger charge is 1.79. The molecule has 1 rings (SSSR count). The van der Waals surface area contributed by atoms with Gasteiger partial charge in [-0.15, -0.1) is 17.5 Å². The molecule has 0 aliphatic rings. The van der Waals surface area contributed by atoms with E-state index < -0.39 is 0 Å². The molecule has 0 saturated heterocycles. The van der Waals surface area contributed by atoms with E-state index in [1.54, 1.807) is 0 Å². The fourth-order valence-corrected chi connectivity index (χ4v) is 0.940. The lowest BCUT2D eigenvalue weighted by molar-refractivity contribution is 1.65. The largest absolute Gasteiger partial charge is 0.250 e. The lowest BCUT2D eigenvalue weighted by Gasteiger charge is -1.84. The van der Waals surface area contributed by atoms with Crippen molar-refractivity contribution < 1.29 is 0 Å². The van der Waals surface area contributed by atoms with Gasteiger partial charge in [0, 0.05) is 5.56 Å². The van der Waals surface area contributed by atoms with Crippen LogP contribution >= 0.6 is 0 Å². The second-order valence-corrected chi connectivity index (χ2v) is 2.67. The number of hydrogen-bond acceptors (Lipinski definition) is 0. The van der Waals surface area contributed by atoms with Crippen molar-refractivity contribution in [3.63, 3.8) is 0 Å². The highest BCUT2D eigenvalue weighted by Crippen LogP contribution is 1.93. The van der Waals surface area contributed by atoms with E-state index >= 15 is 0 Å². The predicted octanol–water partition coefficient (Wildman–Crippen LogP) is 1.29. The summed E-state index contributed by atoms with van der Waals surface area (Å²) in [4.78, 5) is 0. The summed E-state index contributed by atoms with van der Waals surface area (Å²) in [6, 6.07) is 9.82. The Bertz CT molecular complexity index is 308. The third-order valence-corrected chi connectivity index (χ3v) is 1.51. The lowest BCUT2D eigenvalue weighted by atomic mass is 10.2. The van der Waals surface area contributed by atoms with Crippen LogP contribution in [0.3, 0.4) is 0 Å². The molecule has 0 fully saturated rings. The van der Waals surface area contributed by atoms with Gasteiger partial charge in [-0.1, -0.05) is 24.1 Å². The summed E-state index contributed by atoms with van der Waals surface area (Å²) >= 11 is 0. The van der Waals surface area contributed by atoms with Crippen molar-refractivity contribution in [2.24, 2.45) is 0 Å². The van der Waals surface area contributed by atoms with Crippen LogP contribution in [0, 0.1) is 23.4 Å². The second kappa shape index (κ2) is 4.38. The smallest absolute Gasteiger partial charge is 0.126 e. The van der Waals surface area contributed by atoms with Crippen molar-refractivity contribution in [3.05, 3.63) is 35.9 Å². The van der Waals surface area contributed by atoms with Crippen molar-refractivity contribution in [1.29, 1.82) is 0 Å². The van der Waals surface area contributed by atoms with Crippen LogP contribution in [-0.4, -0.2) is 9.52 Å². The van der Waals surface area contributed by atoms with Crippen LogP contribution in [-0.2, 0) is 0 Å². The van der Waals surface area contributed by atoms with Crippen molar-refractivity contribution in [2.45, 2.75) is 0 Å². The summed E-state index contributed by atoms with van der Waals surface area (Å²) in [5.41, 5.74) is 6.41. The van der Waals surface area contributed by atoms with E-state index in [-0.39, 0.29) is 0 Å². The summed E-state index contributed by atoms with van der Waals surface area (Å²) < 4.78 is 0. The zero-order valence-electron chi connectivity index (χ0n) is 5.96. The van der Waals surface area contributed by atoms with Gasteiger partial charge in [0.1, 0.15) is 0 Å². The third kappa shape index (κ3) is 2.75. The van der Waals surface area contributed by atoms with Gasteiger partial charge in [0.15, 0.2) is 0 Å². The maximum absolute atomic E-state index is 5.05. The van der Waals surface area contributed by atoms with Gasteiger partial charge < -0.3 is 0 Å². The molecule has 0 bridgehead atoms. The van der Waals surface area contributed by atoms with E-state index in [9.17, 15) is 0 Å². The average Bonchev–Trinajstić information content (AvgIpc) is 2.07. The SMILES string of the molecule is C#C[Si]C#Cc1ccccc1. The van der Waals surface area contributed by atoms with Crippen molar-refractivity contribution >= 4 is 9.52 Å². The highest BCUT2D eigenvalue weighted by molar-refractivity contribution is 6.55. The molecule has 50 valence electrons. The van der Waals surface area contributed by atoms with Gasteiger partial charge in [-0.05, 0) is 12.1 Å². The molecule has 0 aliphatic heterocycles. The Kier molecular flexibility index (Phi) is 3.05. The first-order valence-electron chi connectivity index (χ1n) is 3.20. The van der Waals surface area contributed by atoms with E-state index in [1.807, 2.05) is 30.3 Å². The van der Waals surface area contributed by atoms with E-state index in [1.165, 1.54) is 0 Å². The fraction of sp³-hybridized carbons (Fsp3) is 0. The molecule has 0 amide bonds. The molecule has 1 aromatic carbocycles. The maximum Gasteiger partial charge on any atom is 0.250 e. The fourth-order valence-electron chi connectivity index (χ4n) is 0.661. The summed E-state index contributed by atoms with van der Waals surface area (Å²) in [6.45, 7) is 0. The number of terminal acetylenes is 1. The monoisotopic (exact) mass is 154 g/mol. The molecule has 0 aromatic heterocycles. The Morgan fingerprint density at radius 3 is 2.55 bits per heavy atom. The van der Waals surface area contributed by atoms with Crippen LogP contribution in [0.2, 0.25) is 0 Å². The Morgan fingerprint density at radius 1 is 1.18 bits per heavy atom. The van der Waals surface area contributed by atoms with Gasteiger partial charge in [0.25, 0.3) is 0 Å². The van der Waals surface area contributed by atoms with Crippen LogP contribution in [0.1, 0.15) is 5.56 Å². The first-order valence-corrected chi connectivity index (χ1v) is 4.20. The van der Waals surface area contributed by atoms with Crippen LogP contribution in [0.5, 0.6) is 0 Å². The quantitative estimate of drug-likeness (QED) is 0.390. The molecule has 0 nitrogen and oxygen atoms in total. The van der Waals surface area contributed by atoms with Gasteiger partial charge in [-0.25, -0.2) is 0 Å². The molecule has 0 spiro atoms. The minimum atomic E-state index is 0.307. The zero-order chi connectivity index (χ0) is 7.94. The van der Waals surface area contributed by atoms with Crippen LogP contribution in [0.15, 0.2) is 30.3 Å². The molecule has 1 aromatic rings. The molecule has 0 heterocycles. The molecule has 0 saturated carbocycles. The predicted molar refractivity (Wildman–Crippen MR) is 47.9 cm³/mol. The minimum absolute atomic E-state index is 0.307. The first kappa shape index (κ1) is 7.66. The molecule has 0 aliphatic carbocycles. The highest BCUT2D eigenvalue weighted by atomic mass is 28.2. The van der Waals surface area contributed by atoms with Crippen LogP contribution < -0.4 is 0 Å².